The van der Waals surface area contributed by atoms with Crippen molar-refractivity contribution in [3.63, 3.8) is 0 Å². The number of carboxylic acids is 1. The quantitative estimate of drug-likeness (QED) is 0.805. The van der Waals surface area contributed by atoms with Crippen molar-refractivity contribution in [1.82, 2.24) is 14.3 Å². The molecule has 0 amide bonds. The Morgan fingerprint density at radius 1 is 1.42 bits per heavy atom. The van der Waals surface area contributed by atoms with Crippen LogP contribution in [0.15, 0.2) is 16.9 Å². The summed E-state index contributed by atoms with van der Waals surface area (Å²) in [5, 5.41) is 10.8. The largest absolute Gasteiger partial charge is 0.480 e. The second-order valence-corrected chi connectivity index (χ2v) is 5.73. The molecule has 0 aliphatic carbocycles. The topological polar surface area (TPSA) is 77.1 Å². The maximum absolute atomic E-state index is 13.9. The van der Waals surface area contributed by atoms with Crippen LogP contribution in [0.4, 0.5) is 13.2 Å². The minimum atomic E-state index is -3.11. The van der Waals surface area contributed by atoms with E-state index >= 15 is 0 Å². The molecule has 2 aromatic rings. The maximum Gasteiger partial charge on any atom is 0.355 e. The van der Waals surface area contributed by atoms with Crippen molar-refractivity contribution in [2.45, 2.75) is 25.3 Å². The van der Waals surface area contributed by atoms with Crippen LogP contribution in [-0.2, 0) is 11.2 Å². The van der Waals surface area contributed by atoms with E-state index in [1.807, 2.05) is 0 Å². The first-order valence-corrected chi connectivity index (χ1v) is 7.26. The molecule has 0 saturated heterocycles. The van der Waals surface area contributed by atoms with E-state index in [4.69, 9.17) is 28.3 Å². The van der Waals surface area contributed by atoms with Crippen molar-refractivity contribution in [1.29, 1.82) is 0 Å². The number of aryl methyl sites for hydroxylation is 1. The number of alkyl halides is 3. The van der Waals surface area contributed by atoms with Gasteiger partial charge in [0.15, 0.2) is 0 Å². The summed E-state index contributed by atoms with van der Waals surface area (Å²) in [6, 6.07) is 1.89. The van der Waals surface area contributed by atoms with Crippen LogP contribution in [-0.4, -0.2) is 30.8 Å². The standard InChI is InChI=1S/C13H10Cl2F3N3O3/c1-5-19-21(13(24)20(5)12(17)18)10-3-6(2-8(15)11(22)23)9(16)4-7(10)14/h3-4,8,12H,2H2,1H3,(H,22,23). The first-order chi connectivity index (χ1) is 11.1. The number of rotatable bonds is 5. The number of carbonyl (C=O) groups is 1. The van der Waals surface area contributed by atoms with Crippen LogP contribution in [0.2, 0.25) is 5.02 Å². The Labute approximate surface area is 143 Å². The molecule has 0 fully saturated rings. The van der Waals surface area contributed by atoms with Gasteiger partial charge in [-0.1, -0.05) is 11.6 Å². The fourth-order valence-electron chi connectivity index (χ4n) is 2.04. The zero-order chi connectivity index (χ0) is 18.2. The highest BCUT2D eigenvalue weighted by Gasteiger charge is 2.22. The highest BCUT2D eigenvalue weighted by molar-refractivity contribution is 6.32. The van der Waals surface area contributed by atoms with E-state index < -0.39 is 35.8 Å². The highest BCUT2D eigenvalue weighted by Crippen LogP contribution is 2.25. The van der Waals surface area contributed by atoms with Crippen LogP contribution in [0.25, 0.3) is 5.69 Å². The molecule has 0 spiro atoms. The van der Waals surface area contributed by atoms with Crippen molar-refractivity contribution < 1.29 is 23.1 Å². The normalized spacial score (nSPS) is 12.6. The van der Waals surface area contributed by atoms with Gasteiger partial charge in [-0.15, -0.1) is 16.7 Å². The molecule has 11 heteroatoms. The van der Waals surface area contributed by atoms with Gasteiger partial charge in [-0.05, 0) is 24.6 Å². The fourth-order valence-corrected chi connectivity index (χ4v) is 2.43. The van der Waals surface area contributed by atoms with E-state index in [1.54, 1.807) is 0 Å². The number of aromatic nitrogens is 3. The summed E-state index contributed by atoms with van der Waals surface area (Å²) in [7, 11) is 0. The van der Waals surface area contributed by atoms with Gasteiger partial charge in [0, 0.05) is 6.42 Å². The van der Waals surface area contributed by atoms with Crippen LogP contribution in [0.1, 0.15) is 17.9 Å². The predicted octanol–water partition coefficient (Wildman–Crippen LogP) is 2.76. The van der Waals surface area contributed by atoms with Gasteiger partial charge in [0.25, 0.3) is 0 Å². The minimum absolute atomic E-state index is 0.140. The smallest absolute Gasteiger partial charge is 0.355 e. The summed E-state index contributed by atoms with van der Waals surface area (Å²) in [6.45, 7) is -1.91. The summed E-state index contributed by atoms with van der Waals surface area (Å²) in [5.41, 5.74) is -1.47. The number of hydrogen-bond donors (Lipinski definition) is 1. The van der Waals surface area contributed by atoms with E-state index in [9.17, 15) is 22.8 Å². The molecule has 1 N–H and O–H groups in total. The lowest BCUT2D eigenvalue weighted by atomic mass is 10.1. The lowest BCUT2D eigenvalue weighted by Gasteiger charge is -2.10. The predicted molar refractivity (Wildman–Crippen MR) is 79.8 cm³/mol. The van der Waals surface area contributed by atoms with Crippen molar-refractivity contribution in [3.8, 4) is 5.69 Å². The Morgan fingerprint density at radius 3 is 2.54 bits per heavy atom. The van der Waals surface area contributed by atoms with Gasteiger partial charge in [-0.2, -0.15) is 13.5 Å². The molecule has 1 aromatic carbocycles. The molecule has 0 saturated carbocycles. The number of hydrogen-bond acceptors (Lipinski definition) is 3. The van der Waals surface area contributed by atoms with Crippen LogP contribution in [0.5, 0.6) is 0 Å². The Morgan fingerprint density at radius 2 is 2.04 bits per heavy atom. The zero-order valence-electron chi connectivity index (χ0n) is 12.0. The van der Waals surface area contributed by atoms with E-state index in [0.717, 1.165) is 12.1 Å². The Balaban J connectivity index is 2.58. The summed E-state index contributed by atoms with van der Waals surface area (Å²) >= 11 is 11.4. The molecule has 2 rings (SSSR count). The third-order valence-corrected chi connectivity index (χ3v) is 3.83. The highest BCUT2D eigenvalue weighted by atomic mass is 35.5. The number of nitrogens with zero attached hydrogens (tertiary/aromatic N) is 3. The minimum Gasteiger partial charge on any atom is -0.480 e. The van der Waals surface area contributed by atoms with Crippen molar-refractivity contribution in [2.24, 2.45) is 0 Å². The summed E-state index contributed by atoms with van der Waals surface area (Å²) in [5.74, 6) is -2.46. The van der Waals surface area contributed by atoms with Gasteiger partial charge >= 0.3 is 18.2 Å². The first-order valence-electron chi connectivity index (χ1n) is 6.45. The molecular weight excluding hydrogens is 374 g/mol. The second-order valence-electron chi connectivity index (χ2n) is 4.79. The fraction of sp³-hybridized carbons (Fsp3) is 0.308. The molecule has 0 radical (unpaired) electrons. The van der Waals surface area contributed by atoms with Gasteiger partial charge in [0.2, 0.25) is 0 Å². The molecule has 24 heavy (non-hydrogen) atoms. The average Bonchev–Trinajstić information content (AvgIpc) is 2.76. The number of carboxylic acid groups (broad SMARTS) is 1. The zero-order valence-corrected chi connectivity index (χ0v) is 13.5. The van der Waals surface area contributed by atoms with Gasteiger partial charge in [-0.3, -0.25) is 4.79 Å². The molecular formula is C13H10Cl2F3N3O3. The Hall–Kier alpha value is -2.00. The van der Waals surface area contributed by atoms with Crippen molar-refractivity contribution in [3.05, 3.63) is 44.8 Å². The second kappa shape index (κ2) is 6.86. The van der Waals surface area contributed by atoms with Crippen LogP contribution < -0.4 is 5.69 Å². The average molecular weight is 384 g/mol. The Kier molecular flexibility index (Phi) is 5.24. The molecule has 0 aliphatic heterocycles. The third kappa shape index (κ3) is 3.41. The molecule has 130 valence electrons. The molecule has 1 atom stereocenters. The summed E-state index contributed by atoms with van der Waals surface area (Å²) < 4.78 is 40.4. The lowest BCUT2D eigenvalue weighted by Crippen LogP contribution is -2.25. The summed E-state index contributed by atoms with van der Waals surface area (Å²) in [6.07, 6.45) is -0.393. The monoisotopic (exact) mass is 383 g/mol. The number of aliphatic carboxylic acids is 1. The molecule has 6 nitrogen and oxygen atoms in total. The van der Waals surface area contributed by atoms with Gasteiger partial charge in [0.1, 0.15) is 17.0 Å². The van der Waals surface area contributed by atoms with E-state index in [2.05, 4.69) is 5.10 Å². The maximum atomic E-state index is 13.9. The first kappa shape index (κ1) is 18.3. The molecule has 1 heterocycles. The van der Waals surface area contributed by atoms with Crippen LogP contribution in [0.3, 0.4) is 0 Å². The third-order valence-electron chi connectivity index (χ3n) is 3.19. The van der Waals surface area contributed by atoms with Gasteiger partial charge in [0.05, 0.1) is 10.7 Å². The molecule has 1 aromatic heterocycles. The van der Waals surface area contributed by atoms with Gasteiger partial charge in [-0.25, -0.2) is 13.8 Å². The molecule has 0 bridgehead atoms. The van der Waals surface area contributed by atoms with E-state index in [1.165, 1.54) is 6.92 Å². The SMILES string of the molecule is Cc1nn(-c2cc(CC(Cl)C(=O)O)c(F)cc2Cl)c(=O)n1C(F)F. The number of benzene rings is 1. The number of halogens is 5. The van der Waals surface area contributed by atoms with E-state index in [0.29, 0.717) is 4.68 Å². The molecule has 0 aliphatic rings. The van der Waals surface area contributed by atoms with Gasteiger partial charge < -0.3 is 5.11 Å². The Bertz CT molecular complexity index is 851. The molecule has 1 unspecified atom stereocenters. The van der Waals surface area contributed by atoms with E-state index in [-0.39, 0.29) is 26.7 Å². The van der Waals surface area contributed by atoms with Crippen LogP contribution >= 0.6 is 23.2 Å². The van der Waals surface area contributed by atoms with Crippen molar-refractivity contribution >= 4 is 29.2 Å². The van der Waals surface area contributed by atoms with Crippen molar-refractivity contribution in [2.75, 3.05) is 0 Å². The lowest BCUT2D eigenvalue weighted by molar-refractivity contribution is -0.136. The van der Waals surface area contributed by atoms with Crippen LogP contribution in [0, 0.1) is 12.7 Å². The summed E-state index contributed by atoms with van der Waals surface area (Å²) in [4.78, 5) is 22.8.